The maximum atomic E-state index is 10.3. The summed E-state index contributed by atoms with van der Waals surface area (Å²) in [6.07, 6.45) is -2.21. The molecule has 1 unspecified atom stereocenters. The van der Waals surface area contributed by atoms with E-state index in [4.69, 9.17) is 10.5 Å². The number of fused-ring (bicyclic) bond motifs is 1. The van der Waals surface area contributed by atoms with E-state index in [9.17, 15) is 15.3 Å². The van der Waals surface area contributed by atoms with Gasteiger partial charge in [0.15, 0.2) is 17.7 Å². The topological polar surface area (TPSA) is 136 Å². The van der Waals surface area contributed by atoms with Crippen molar-refractivity contribution in [3.63, 3.8) is 0 Å². The fourth-order valence-electron chi connectivity index (χ4n) is 3.35. The molecule has 0 amide bonds. The molecule has 1 aromatic heterocycles. The minimum Gasteiger partial charge on any atom is -0.394 e. The molecular weight excluding hydrogens is 473 g/mol. The second-order valence-corrected chi connectivity index (χ2v) is 9.21. The van der Waals surface area contributed by atoms with E-state index in [1.54, 1.807) is 16.2 Å². The highest BCUT2D eigenvalue weighted by atomic mass is 127. The lowest BCUT2D eigenvalue weighted by Gasteiger charge is -2.32. The molecule has 0 saturated carbocycles. The lowest BCUT2D eigenvalue weighted by molar-refractivity contribution is -0.0688. The number of ether oxygens (including phenoxy) is 1. The quantitative estimate of drug-likeness (QED) is 0.405. The van der Waals surface area contributed by atoms with Crippen molar-refractivity contribution in [1.82, 2.24) is 4.90 Å². The first-order valence-corrected chi connectivity index (χ1v) is 9.96. The summed E-state index contributed by atoms with van der Waals surface area (Å²) in [7, 11) is 0. The second-order valence-electron chi connectivity index (χ2n) is 6.40. The van der Waals surface area contributed by atoms with Crippen LogP contribution in [0.15, 0.2) is 26.4 Å². The molecule has 0 spiro atoms. The van der Waals surface area contributed by atoms with Gasteiger partial charge in [0.1, 0.15) is 37.0 Å². The van der Waals surface area contributed by atoms with Gasteiger partial charge in [-0.25, -0.2) is 9.98 Å². The average molecular weight is 491 g/mol. The first-order chi connectivity index (χ1) is 12.4. The third-order valence-corrected chi connectivity index (χ3v) is 6.50. The van der Waals surface area contributed by atoms with E-state index in [0.717, 1.165) is 8.45 Å². The predicted molar refractivity (Wildman–Crippen MR) is 105 cm³/mol. The Morgan fingerprint density at radius 3 is 2.88 bits per heavy atom. The Hall–Kier alpha value is -0.960. The van der Waals surface area contributed by atoms with E-state index in [2.05, 4.69) is 43.6 Å². The maximum Gasteiger partial charge on any atom is 0.162 e. The number of hydrogen-bond donors (Lipinski definition) is 4. The number of thiophene rings is 1. The number of aliphatic hydroxyl groups is 3. The third kappa shape index (κ3) is 3.00. The van der Waals surface area contributed by atoms with Gasteiger partial charge in [0.25, 0.3) is 0 Å². The molecule has 140 valence electrons. The molecule has 0 aliphatic carbocycles. The maximum absolute atomic E-state index is 10.3. The summed E-state index contributed by atoms with van der Waals surface area (Å²) in [6, 6.07) is 2.06. The summed E-state index contributed by atoms with van der Waals surface area (Å²) in [6.45, 7) is -0.202. The van der Waals surface area contributed by atoms with Gasteiger partial charge < -0.3 is 30.7 Å². The number of halogens is 1. The van der Waals surface area contributed by atoms with Crippen molar-refractivity contribution >= 4 is 51.8 Å². The van der Waals surface area contributed by atoms with Gasteiger partial charge in [0.05, 0.1) is 9.49 Å². The molecule has 1 aromatic rings. The molecular formula is C15H18IN5O4S. The van der Waals surface area contributed by atoms with E-state index >= 15 is 0 Å². The minimum atomic E-state index is -1.19. The largest absolute Gasteiger partial charge is 0.394 e. The Labute approximate surface area is 167 Å². The Balaban J connectivity index is 1.57. The Morgan fingerprint density at radius 2 is 2.23 bits per heavy atom. The van der Waals surface area contributed by atoms with Crippen molar-refractivity contribution in [1.29, 1.82) is 0 Å². The molecule has 26 heavy (non-hydrogen) atoms. The monoisotopic (exact) mass is 491 g/mol. The summed E-state index contributed by atoms with van der Waals surface area (Å²) >= 11 is 3.89. The molecule has 1 fully saturated rings. The molecule has 9 nitrogen and oxygen atoms in total. The van der Waals surface area contributed by atoms with Gasteiger partial charge >= 0.3 is 0 Å². The van der Waals surface area contributed by atoms with Gasteiger partial charge in [0, 0.05) is 6.42 Å². The molecule has 0 aromatic carbocycles. The Morgan fingerprint density at radius 1 is 1.42 bits per heavy atom. The number of rotatable bonds is 4. The zero-order valence-electron chi connectivity index (χ0n) is 13.6. The average Bonchev–Trinajstić information content (AvgIpc) is 3.28. The van der Waals surface area contributed by atoms with E-state index in [1.807, 2.05) is 5.38 Å². The lowest BCUT2D eigenvalue weighted by atomic mass is 9.96. The van der Waals surface area contributed by atoms with Crippen LogP contribution in [0.25, 0.3) is 0 Å². The molecule has 3 aliphatic rings. The highest BCUT2D eigenvalue weighted by molar-refractivity contribution is 14.1. The van der Waals surface area contributed by atoms with Crippen LogP contribution in [0.3, 0.4) is 0 Å². The van der Waals surface area contributed by atoms with Crippen LogP contribution >= 0.6 is 33.9 Å². The smallest absolute Gasteiger partial charge is 0.162 e. The fraction of sp³-hybridized carbons (Fsp3) is 0.533. The van der Waals surface area contributed by atoms with E-state index < -0.39 is 30.2 Å². The van der Waals surface area contributed by atoms with Crippen LogP contribution in [0.2, 0.25) is 0 Å². The summed E-state index contributed by atoms with van der Waals surface area (Å²) in [5.41, 5.74) is 7.08. The van der Waals surface area contributed by atoms with Crippen molar-refractivity contribution in [2.24, 2.45) is 20.7 Å². The summed E-state index contributed by atoms with van der Waals surface area (Å²) in [5.74, 6) is 0.474. The number of nitrogens with two attached hydrogens (primary N) is 1. The Bertz CT molecular complexity index is 799. The van der Waals surface area contributed by atoms with Gasteiger partial charge in [0.2, 0.25) is 0 Å². The van der Waals surface area contributed by atoms with Crippen LogP contribution < -0.4 is 5.73 Å². The van der Waals surface area contributed by atoms with Crippen molar-refractivity contribution in [2.45, 2.75) is 36.6 Å². The van der Waals surface area contributed by atoms with Gasteiger partial charge in [-0.15, -0.1) is 11.3 Å². The van der Waals surface area contributed by atoms with Gasteiger partial charge in [-0.2, -0.15) is 0 Å². The minimum absolute atomic E-state index is 0.185. The molecule has 0 bridgehead atoms. The standard InChI is InChI=1S/C15H18IN5O4S/c16-9-1-7(4-26-9)2-15(17)12-13(18-5-20-15)21(6-19-12)14-11(24)10(23)8(3-22)25-14/h1,4-5,8,10-11,14,22-24H,2-3,6,17H2/t8-,10-,11-,14-,15?/m1/s1. The third-order valence-electron chi connectivity index (χ3n) is 4.66. The number of aliphatic hydroxyl groups excluding tert-OH is 3. The van der Waals surface area contributed by atoms with Crippen molar-refractivity contribution in [3.8, 4) is 0 Å². The zero-order chi connectivity index (χ0) is 18.5. The SMILES string of the molecule is NC1(Cc2csc(I)c2)N=CN=C2C1=NCN2[C@@H]1O[C@H](CO)[C@@H](O)[C@H]1O. The summed E-state index contributed by atoms with van der Waals surface area (Å²) in [4.78, 5) is 14.8. The molecule has 11 heteroatoms. The molecule has 1 saturated heterocycles. The van der Waals surface area contributed by atoms with Crippen molar-refractivity contribution in [2.75, 3.05) is 13.3 Å². The van der Waals surface area contributed by atoms with Gasteiger partial charge in [-0.3, -0.25) is 4.99 Å². The number of hydrogen-bond acceptors (Lipinski definition) is 10. The number of aliphatic imine (C=N–C) groups is 3. The zero-order valence-corrected chi connectivity index (χ0v) is 16.5. The number of amidine groups is 1. The fourth-order valence-corrected chi connectivity index (χ4v) is 4.77. The van der Waals surface area contributed by atoms with Gasteiger partial charge in [-0.05, 0) is 39.6 Å². The van der Waals surface area contributed by atoms with Crippen molar-refractivity contribution < 1.29 is 20.1 Å². The molecule has 4 rings (SSSR count). The molecule has 5 atom stereocenters. The molecule has 5 N–H and O–H groups in total. The lowest BCUT2D eigenvalue weighted by Crippen LogP contribution is -2.56. The summed E-state index contributed by atoms with van der Waals surface area (Å²) < 4.78 is 6.76. The van der Waals surface area contributed by atoms with Crippen molar-refractivity contribution in [3.05, 3.63) is 19.9 Å². The predicted octanol–water partition coefficient (Wildman–Crippen LogP) is -0.856. The first-order valence-electron chi connectivity index (χ1n) is 8.00. The van der Waals surface area contributed by atoms with Crippen LogP contribution in [-0.4, -0.2) is 81.6 Å². The second kappa shape index (κ2) is 6.89. The normalized spacial score (nSPS) is 36.3. The molecule has 0 radical (unpaired) electrons. The van der Waals surface area contributed by atoms with Crippen LogP contribution in [0.4, 0.5) is 0 Å². The molecule has 3 aliphatic heterocycles. The number of nitrogens with zero attached hydrogens (tertiary/aromatic N) is 4. The first kappa shape index (κ1) is 18.4. The Kier molecular flexibility index (Phi) is 4.88. The highest BCUT2D eigenvalue weighted by Crippen LogP contribution is 2.30. The van der Waals surface area contributed by atoms with Gasteiger partial charge in [-0.1, -0.05) is 0 Å². The van der Waals surface area contributed by atoms with E-state index in [-0.39, 0.29) is 13.3 Å². The van der Waals surface area contributed by atoms with Crippen LogP contribution in [-0.2, 0) is 11.2 Å². The van der Waals surface area contributed by atoms with Crippen LogP contribution in [0.1, 0.15) is 5.56 Å². The van der Waals surface area contributed by atoms with E-state index in [0.29, 0.717) is 18.0 Å². The summed E-state index contributed by atoms with van der Waals surface area (Å²) in [5, 5.41) is 31.6. The highest BCUT2D eigenvalue weighted by Gasteiger charge is 2.50. The van der Waals surface area contributed by atoms with Crippen LogP contribution in [0, 0.1) is 2.88 Å². The van der Waals surface area contributed by atoms with Crippen LogP contribution in [0.5, 0.6) is 0 Å². The van der Waals surface area contributed by atoms with E-state index in [1.165, 1.54) is 6.34 Å². The molecule has 4 heterocycles.